The van der Waals surface area contributed by atoms with Gasteiger partial charge in [-0.2, -0.15) is 0 Å². The second kappa shape index (κ2) is 7.53. The molecule has 8 heteroatoms. The van der Waals surface area contributed by atoms with Gasteiger partial charge in [0, 0.05) is 24.8 Å². The molecule has 1 aromatic heterocycles. The molecule has 0 spiro atoms. The predicted octanol–water partition coefficient (Wildman–Crippen LogP) is 2.49. The number of carbonyl (C=O) groups is 2. The van der Waals surface area contributed by atoms with E-state index in [-0.39, 0.29) is 23.0 Å². The number of hydrogen-bond acceptors (Lipinski definition) is 5. The second-order valence-electron chi connectivity index (χ2n) is 4.12. The van der Waals surface area contributed by atoms with Gasteiger partial charge in [0.05, 0.1) is 12.2 Å². The van der Waals surface area contributed by atoms with E-state index >= 15 is 0 Å². The summed E-state index contributed by atoms with van der Waals surface area (Å²) in [7, 11) is 3.20. The molecule has 1 heterocycles. The number of nitrogens with zero attached hydrogens (tertiary/aromatic N) is 3. The predicted molar refractivity (Wildman–Crippen MR) is 82.6 cm³/mol. The lowest BCUT2D eigenvalue weighted by atomic mass is 10.2. The molecule has 6 nitrogen and oxygen atoms in total. The molecule has 0 unspecified atom stereocenters. The van der Waals surface area contributed by atoms with E-state index in [2.05, 4.69) is 27.5 Å². The van der Waals surface area contributed by atoms with E-state index in [4.69, 9.17) is 16.3 Å². The van der Waals surface area contributed by atoms with Gasteiger partial charge in [0.15, 0.2) is 0 Å². The number of hydrazine groups is 1. The van der Waals surface area contributed by atoms with Crippen LogP contribution in [0.4, 0.5) is 0 Å². The van der Waals surface area contributed by atoms with Crippen LogP contribution in [0.2, 0.25) is 5.15 Å². The first-order valence-corrected chi connectivity index (χ1v) is 7.15. The summed E-state index contributed by atoms with van der Waals surface area (Å²) in [4.78, 5) is 28.2. The van der Waals surface area contributed by atoms with Crippen molar-refractivity contribution < 1.29 is 14.3 Å². The maximum absolute atomic E-state index is 12.6. The van der Waals surface area contributed by atoms with E-state index < -0.39 is 11.9 Å². The van der Waals surface area contributed by atoms with Gasteiger partial charge in [0.2, 0.25) is 0 Å². The van der Waals surface area contributed by atoms with Crippen molar-refractivity contribution in [3.8, 4) is 0 Å². The maximum Gasteiger partial charge on any atom is 0.355 e. The van der Waals surface area contributed by atoms with Crippen molar-refractivity contribution >= 4 is 39.4 Å². The lowest BCUT2D eigenvalue weighted by Gasteiger charge is -2.29. The van der Waals surface area contributed by atoms with Crippen LogP contribution in [-0.4, -0.2) is 47.6 Å². The highest BCUT2D eigenvalue weighted by Crippen LogP contribution is 2.22. The van der Waals surface area contributed by atoms with Gasteiger partial charge in [-0.1, -0.05) is 18.2 Å². The molecule has 0 aromatic carbocycles. The Morgan fingerprint density at radius 2 is 2.10 bits per heavy atom. The lowest BCUT2D eigenvalue weighted by Crippen LogP contribution is -2.43. The monoisotopic (exact) mass is 375 g/mol. The zero-order chi connectivity index (χ0) is 16.2. The van der Waals surface area contributed by atoms with Crippen molar-refractivity contribution in [3.05, 3.63) is 39.7 Å². The molecule has 0 bridgehead atoms. The minimum absolute atomic E-state index is 0.0340. The van der Waals surface area contributed by atoms with Gasteiger partial charge in [-0.15, -0.1) is 0 Å². The number of carbonyl (C=O) groups excluding carboxylic acids is 2. The average Bonchev–Trinajstić information content (AvgIpc) is 2.41. The van der Waals surface area contributed by atoms with E-state index in [0.717, 1.165) is 5.01 Å². The van der Waals surface area contributed by atoms with Crippen LogP contribution in [0.15, 0.2) is 29.0 Å². The minimum Gasteiger partial charge on any atom is -0.461 e. The number of rotatable bonds is 5. The van der Waals surface area contributed by atoms with Gasteiger partial charge in [-0.3, -0.25) is 4.79 Å². The standard InChI is InChI=1S/C13H15BrClN3O3/c1-5-21-13(20)8(2)18(17(3)4)12(19)10-6-9(14)7-16-11(10)15/h6-7H,2,5H2,1,3-4H3. The number of esters is 1. The van der Waals surface area contributed by atoms with Gasteiger partial charge in [0.25, 0.3) is 5.91 Å². The third-order valence-corrected chi connectivity index (χ3v) is 3.13. The molecule has 1 aromatic rings. The summed E-state index contributed by atoms with van der Waals surface area (Å²) < 4.78 is 5.45. The molecule has 1 rings (SSSR count). The molecule has 0 atom stereocenters. The Hall–Kier alpha value is -1.44. The molecule has 0 aliphatic carbocycles. The number of ether oxygens (including phenoxy) is 1. The molecule has 21 heavy (non-hydrogen) atoms. The molecule has 0 aliphatic rings. The fourth-order valence-electron chi connectivity index (χ4n) is 1.53. The summed E-state index contributed by atoms with van der Waals surface area (Å²) in [6.45, 7) is 5.46. The highest BCUT2D eigenvalue weighted by atomic mass is 79.9. The van der Waals surface area contributed by atoms with Crippen LogP contribution < -0.4 is 0 Å². The highest BCUT2D eigenvalue weighted by Gasteiger charge is 2.28. The van der Waals surface area contributed by atoms with Crippen molar-refractivity contribution in [2.45, 2.75) is 6.92 Å². The van der Waals surface area contributed by atoms with Crippen LogP contribution in [0.5, 0.6) is 0 Å². The normalized spacial score (nSPS) is 10.4. The highest BCUT2D eigenvalue weighted by molar-refractivity contribution is 9.10. The first-order chi connectivity index (χ1) is 9.79. The van der Waals surface area contributed by atoms with Crippen molar-refractivity contribution in [2.24, 2.45) is 0 Å². The third-order valence-electron chi connectivity index (χ3n) is 2.40. The summed E-state index contributed by atoms with van der Waals surface area (Å²) >= 11 is 9.16. The van der Waals surface area contributed by atoms with Gasteiger partial charge < -0.3 is 4.74 Å². The van der Waals surface area contributed by atoms with Crippen LogP contribution in [0.25, 0.3) is 0 Å². The van der Waals surface area contributed by atoms with Crippen LogP contribution >= 0.6 is 27.5 Å². The fraction of sp³-hybridized carbons (Fsp3) is 0.308. The van der Waals surface area contributed by atoms with Crippen molar-refractivity contribution in [3.63, 3.8) is 0 Å². The second-order valence-corrected chi connectivity index (χ2v) is 5.40. The van der Waals surface area contributed by atoms with Gasteiger partial charge in [-0.05, 0) is 28.9 Å². The smallest absolute Gasteiger partial charge is 0.355 e. The molecule has 0 saturated carbocycles. The Morgan fingerprint density at radius 3 is 2.62 bits per heavy atom. The molecule has 0 N–H and O–H groups in total. The SMILES string of the molecule is C=C(C(=O)OCC)N(C(=O)c1cc(Br)cnc1Cl)N(C)C. The van der Waals surface area contributed by atoms with Gasteiger partial charge >= 0.3 is 5.97 Å². The van der Waals surface area contributed by atoms with Crippen LogP contribution in [-0.2, 0) is 9.53 Å². The van der Waals surface area contributed by atoms with E-state index in [9.17, 15) is 9.59 Å². The summed E-state index contributed by atoms with van der Waals surface area (Å²) in [5, 5.41) is 2.53. The van der Waals surface area contributed by atoms with Crippen molar-refractivity contribution in [1.82, 2.24) is 15.0 Å². The van der Waals surface area contributed by atoms with E-state index in [1.807, 2.05) is 0 Å². The number of halogens is 2. The number of hydrogen-bond donors (Lipinski definition) is 0. The largest absolute Gasteiger partial charge is 0.461 e. The van der Waals surface area contributed by atoms with Crippen molar-refractivity contribution in [2.75, 3.05) is 20.7 Å². The van der Waals surface area contributed by atoms with Crippen LogP contribution in [0.3, 0.4) is 0 Å². The Kier molecular flexibility index (Phi) is 6.32. The molecular weight excluding hydrogens is 362 g/mol. The number of pyridine rings is 1. The third kappa shape index (κ3) is 4.26. The fourth-order valence-corrected chi connectivity index (χ4v) is 2.05. The van der Waals surface area contributed by atoms with Crippen molar-refractivity contribution in [1.29, 1.82) is 0 Å². The molecule has 0 radical (unpaired) electrons. The number of aromatic nitrogens is 1. The first-order valence-electron chi connectivity index (χ1n) is 5.98. The molecule has 0 saturated heterocycles. The molecule has 0 fully saturated rings. The Morgan fingerprint density at radius 1 is 1.48 bits per heavy atom. The van der Waals surface area contributed by atoms with E-state index in [1.54, 1.807) is 21.0 Å². The molecule has 0 aliphatic heterocycles. The zero-order valence-electron chi connectivity index (χ0n) is 11.9. The Bertz CT molecular complexity index is 578. The lowest BCUT2D eigenvalue weighted by molar-refractivity contribution is -0.141. The van der Waals surface area contributed by atoms with E-state index in [1.165, 1.54) is 17.3 Å². The minimum atomic E-state index is -0.682. The summed E-state index contributed by atoms with van der Waals surface area (Å²) in [6, 6.07) is 1.52. The summed E-state index contributed by atoms with van der Waals surface area (Å²) in [5.41, 5.74) is 0.0353. The van der Waals surface area contributed by atoms with Crippen LogP contribution in [0.1, 0.15) is 17.3 Å². The Balaban J connectivity index is 3.17. The molecule has 114 valence electrons. The zero-order valence-corrected chi connectivity index (χ0v) is 14.2. The molecule has 1 amide bonds. The Labute approximate surface area is 136 Å². The quantitative estimate of drug-likeness (QED) is 0.342. The maximum atomic E-state index is 12.6. The number of amides is 1. The topological polar surface area (TPSA) is 62.7 Å². The summed E-state index contributed by atoms with van der Waals surface area (Å²) in [6.07, 6.45) is 1.47. The van der Waals surface area contributed by atoms with E-state index in [0.29, 0.717) is 4.47 Å². The summed E-state index contributed by atoms with van der Waals surface area (Å²) in [5.74, 6) is -1.21. The first kappa shape index (κ1) is 17.6. The van der Waals surface area contributed by atoms with Crippen LogP contribution in [0, 0.1) is 0 Å². The van der Waals surface area contributed by atoms with Gasteiger partial charge in [-0.25, -0.2) is 19.8 Å². The molecular formula is C13H15BrClN3O3. The van der Waals surface area contributed by atoms with Gasteiger partial charge in [0.1, 0.15) is 10.9 Å². The average molecular weight is 377 g/mol.